The average molecular weight is 316 g/mol. The van der Waals surface area contributed by atoms with E-state index in [1.54, 1.807) is 0 Å². The fourth-order valence-electron chi connectivity index (χ4n) is 2.25. The Bertz CT molecular complexity index is 461. The van der Waals surface area contributed by atoms with Crippen molar-refractivity contribution in [2.24, 2.45) is 0 Å². The van der Waals surface area contributed by atoms with E-state index in [0.717, 1.165) is 51.9 Å². The predicted octanol–water partition coefficient (Wildman–Crippen LogP) is 0.556. The molecule has 2 rings (SSSR count). The highest BCUT2D eigenvalue weighted by molar-refractivity contribution is 7.80. The van der Waals surface area contributed by atoms with E-state index >= 15 is 0 Å². The first-order valence-corrected chi connectivity index (χ1v) is 7.46. The zero-order chi connectivity index (χ0) is 15.1. The van der Waals surface area contributed by atoms with Crippen molar-refractivity contribution in [2.75, 3.05) is 44.7 Å². The third-order valence-electron chi connectivity index (χ3n) is 3.31. The summed E-state index contributed by atoms with van der Waals surface area (Å²) in [4.78, 5) is 1.54. The van der Waals surface area contributed by atoms with Crippen LogP contribution in [0.2, 0.25) is 0 Å². The Morgan fingerprint density at radius 3 is 2.52 bits per heavy atom. The second kappa shape index (κ2) is 8.21. The Morgan fingerprint density at radius 2 is 1.86 bits per heavy atom. The maximum Gasteiger partial charge on any atom is 0.170 e. The van der Waals surface area contributed by atoms with Gasteiger partial charge in [0.25, 0.3) is 0 Å². The molecule has 21 heavy (non-hydrogen) atoms. The number of hydrogen-bond acceptors (Lipinski definition) is 2. The third kappa shape index (κ3) is 5.91. The Labute approximate surface area is 128 Å². The van der Waals surface area contributed by atoms with Crippen molar-refractivity contribution in [2.45, 2.75) is 6.42 Å². The van der Waals surface area contributed by atoms with Crippen LogP contribution in [-0.4, -0.2) is 44.5 Å². The standard InChI is InChI=1S/C14H19F2N3OS/c15-11-8-12(16)10-13(9-11)18-14(21)17-2-1-3-19-4-6-20-7-5-19/h8-10H,1-7H2,(H2,17,18,21)/p+1. The lowest BCUT2D eigenvalue weighted by Crippen LogP contribution is -3.14. The highest BCUT2D eigenvalue weighted by Gasteiger charge is 2.12. The average Bonchev–Trinajstić information content (AvgIpc) is 2.43. The van der Waals surface area contributed by atoms with Crippen LogP contribution in [0.1, 0.15) is 6.42 Å². The molecule has 1 aliphatic rings. The van der Waals surface area contributed by atoms with Crippen LogP contribution in [0.5, 0.6) is 0 Å². The zero-order valence-electron chi connectivity index (χ0n) is 11.8. The van der Waals surface area contributed by atoms with Crippen molar-refractivity contribution < 1.29 is 18.4 Å². The quantitative estimate of drug-likeness (QED) is 0.548. The van der Waals surface area contributed by atoms with Crippen molar-refractivity contribution in [3.63, 3.8) is 0 Å². The van der Waals surface area contributed by atoms with Gasteiger partial charge in [-0.15, -0.1) is 0 Å². The van der Waals surface area contributed by atoms with E-state index in [2.05, 4.69) is 10.6 Å². The van der Waals surface area contributed by atoms with Gasteiger partial charge in [-0.1, -0.05) is 0 Å². The summed E-state index contributed by atoms with van der Waals surface area (Å²) in [6, 6.07) is 3.23. The number of halogens is 2. The molecule has 116 valence electrons. The molecule has 0 spiro atoms. The largest absolute Gasteiger partial charge is 0.370 e. The van der Waals surface area contributed by atoms with Crippen molar-refractivity contribution in [1.82, 2.24) is 5.32 Å². The van der Waals surface area contributed by atoms with Gasteiger partial charge in [0.2, 0.25) is 0 Å². The van der Waals surface area contributed by atoms with Crippen LogP contribution in [0.3, 0.4) is 0 Å². The van der Waals surface area contributed by atoms with Gasteiger partial charge in [-0.2, -0.15) is 0 Å². The number of anilines is 1. The topological polar surface area (TPSA) is 37.7 Å². The van der Waals surface area contributed by atoms with Crippen molar-refractivity contribution in [3.05, 3.63) is 29.8 Å². The van der Waals surface area contributed by atoms with Gasteiger partial charge in [0.1, 0.15) is 24.7 Å². The summed E-state index contributed by atoms with van der Waals surface area (Å²) in [5.74, 6) is -1.26. The lowest BCUT2D eigenvalue weighted by molar-refractivity contribution is -0.908. The fraction of sp³-hybridized carbons (Fsp3) is 0.500. The normalized spacial score (nSPS) is 15.7. The molecule has 1 fully saturated rings. The van der Waals surface area contributed by atoms with Gasteiger partial charge in [-0.25, -0.2) is 8.78 Å². The molecule has 0 bridgehead atoms. The number of hydrogen-bond donors (Lipinski definition) is 3. The van der Waals surface area contributed by atoms with Crippen molar-refractivity contribution >= 4 is 23.0 Å². The molecule has 7 heteroatoms. The summed E-state index contributed by atoms with van der Waals surface area (Å²) in [7, 11) is 0. The summed E-state index contributed by atoms with van der Waals surface area (Å²) in [5, 5.41) is 6.19. The molecule has 1 saturated heterocycles. The molecule has 0 saturated carbocycles. The smallest absolute Gasteiger partial charge is 0.170 e. The number of morpholine rings is 1. The summed E-state index contributed by atoms with van der Waals surface area (Å²) < 4.78 is 31.4. The van der Waals surface area contributed by atoms with E-state index in [0.29, 0.717) is 10.8 Å². The van der Waals surface area contributed by atoms with Gasteiger partial charge in [0.15, 0.2) is 5.11 Å². The predicted molar refractivity (Wildman–Crippen MR) is 81.6 cm³/mol. The van der Waals surface area contributed by atoms with E-state index < -0.39 is 11.6 Å². The van der Waals surface area contributed by atoms with E-state index in [1.807, 2.05) is 0 Å². The number of benzene rings is 1. The fourth-order valence-corrected chi connectivity index (χ4v) is 2.47. The van der Waals surface area contributed by atoms with Crippen LogP contribution >= 0.6 is 12.2 Å². The van der Waals surface area contributed by atoms with Crippen LogP contribution < -0.4 is 15.5 Å². The summed E-state index contributed by atoms with van der Waals surface area (Å²) >= 11 is 5.10. The molecule has 4 nitrogen and oxygen atoms in total. The van der Waals surface area contributed by atoms with Gasteiger partial charge in [0, 0.05) is 24.7 Å². The molecule has 0 radical (unpaired) electrons. The zero-order valence-corrected chi connectivity index (χ0v) is 12.6. The van der Waals surface area contributed by atoms with Gasteiger partial charge in [0.05, 0.1) is 19.8 Å². The molecule has 3 N–H and O–H groups in total. The van der Waals surface area contributed by atoms with Crippen LogP contribution in [0.25, 0.3) is 0 Å². The number of quaternary nitrogens is 1. The van der Waals surface area contributed by atoms with Crippen LogP contribution in [0.4, 0.5) is 14.5 Å². The van der Waals surface area contributed by atoms with Crippen LogP contribution in [-0.2, 0) is 4.74 Å². The molecule has 0 aromatic heterocycles. The van der Waals surface area contributed by atoms with Crippen molar-refractivity contribution in [1.29, 1.82) is 0 Å². The molecule has 0 unspecified atom stereocenters. The molecule has 1 aromatic carbocycles. The number of ether oxygens (including phenoxy) is 1. The number of thiocarbonyl (C=S) groups is 1. The van der Waals surface area contributed by atoms with Gasteiger partial charge in [-0.3, -0.25) is 0 Å². The Hall–Kier alpha value is -1.31. The second-order valence-corrected chi connectivity index (χ2v) is 5.41. The van der Waals surface area contributed by atoms with E-state index in [4.69, 9.17) is 17.0 Å². The molecular formula is C14H20F2N3OS+. The molecular weight excluding hydrogens is 296 g/mol. The molecule has 1 heterocycles. The molecule has 0 amide bonds. The number of nitrogens with one attached hydrogen (secondary N) is 3. The first-order chi connectivity index (χ1) is 10.1. The molecule has 1 aliphatic heterocycles. The Kier molecular flexibility index (Phi) is 6.28. The Balaban J connectivity index is 1.65. The molecule has 0 aliphatic carbocycles. The van der Waals surface area contributed by atoms with E-state index in [1.165, 1.54) is 17.0 Å². The minimum atomic E-state index is -0.629. The monoisotopic (exact) mass is 316 g/mol. The van der Waals surface area contributed by atoms with Crippen LogP contribution in [0.15, 0.2) is 18.2 Å². The van der Waals surface area contributed by atoms with Gasteiger partial charge in [-0.05, 0) is 24.4 Å². The SMILES string of the molecule is Fc1cc(F)cc(NC(=S)NCCC[NH+]2CCOCC2)c1. The van der Waals surface area contributed by atoms with Crippen molar-refractivity contribution in [3.8, 4) is 0 Å². The summed E-state index contributed by atoms with van der Waals surface area (Å²) in [6.07, 6.45) is 0.981. The van der Waals surface area contributed by atoms with Crippen LogP contribution in [0, 0.1) is 11.6 Å². The minimum Gasteiger partial charge on any atom is -0.370 e. The maximum absolute atomic E-state index is 13.0. The molecule has 1 aromatic rings. The first-order valence-electron chi connectivity index (χ1n) is 7.06. The third-order valence-corrected chi connectivity index (χ3v) is 3.56. The highest BCUT2D eigenvalue weighted by atomic mass is 32.1. The lowest BCUT2D eigenvalue weighted by atomic mass is 10.3. The summed E-state index contributed by atoms with van der Waals surface area (Å²) in [5.41, 5.74) is 0.309. The Morgan fingerprint density at radius 1 is 1.19 bits per heavy atom. The molecule has 0 atom stereocenters. The van der Waals surface area contributed by atoms with Gasteiger partial charge >= 0.3 is 0 Å². The minimum absolute atomic E-state index is 0.309. The lowest BCUT2D eigenvalue weighted by Gasteiger charge is -2.23. The number of rotatable bonds is 5. The first kappa shape index (κ1) is 16.1. The van der Waals surface area contributed by atoms with E-state index in [9.17, 15) is 8.78 Å². The second-order valence-electron chi connectivity index (χ2n) is 5.00. The van der Waals surface area contributed by atoms with E-state index in [-0.39, 0.29) is 0 Å². The van der Waals surface area contributed by atoms with Gasteiger partial charge < -0.3 is 20.3 Å². The maximum atomic E-state index is 13.0. The highest BCUT2D eigenvalue weighted by Crippen LogP contribution is 2.12. The summed E-state index contributed by atoms with van der Waals surface area (Å²) in [6.45, 7) is 5.54.